The van der Waals surface area contributed by atoms with Gasteiger partial charge >= 0.3 is 6.18 Å². The van der Waals surface area contributed by atoms with Gasteiger partial charge in [-0.25, -0.2) is 0 Å². The highest BCUT2D eigenvalue weighted by Crippen LogP contribution is 2.31. The van der Waals surface area contributed by atoms with Crippen molar-refractivity contribution in [2.24, 2.45) is 0 Å². The molecule has 5 heteroatoms. The minimum absolute atomic E-state index is 0.129. The highest BCUT2D eigenvalue weighted by Gasteiger charge is 2.43. The molecular formula is C8H14F3NO. The molecule has 1 fully saturated rings. The minimum atomic E-state index is -4.14. The molecule has 0 amide bonds. The van der Waals surface area contributed by atoms with Gasteiger partial charge in [-0.1, -0.05) is 6.42 Å². The van der Waals surface area contributed by atoms with Gasteiger partial charge < -0.3 is 5.11 Å². The second kappa shape index (κ2) is 4.28. The fourth-order valence-electron chi connectivity index (χ4n) is 1.76. The molecule has 0 aromatic heterocycles. The fourth-order valence-corrected chi connectivity index (χ4v) is 1.76. The number of aliphatic hydroxyl groups is 1. The van der Waals surface area contributed by atoms with Crippen molar-refractivity contribution in [3.05, 3.63) is 0 Å². The number of hydrogen-bond acceptors (Lipinski definition) is 2. The van der Waals surface area contributed by atoms with Crippen LogP contribution in [0.2, 0.25) is 0 Å². The van der Waals surface area contributed by atoms with Crippen LogP contribution in [0.1, 0.15) is 19.3 Å². The Balaban J connectivity index is 2.56. The molecule has 0 bridgehead atoms. The summed E-state index contributed by atoms with van der Waals surface area (Å²) in [6, 6.07) is -1.34. The lowest BCUT2D eigenvalue weighted by molar-refractivity contribution is -0.191. The molecule has 0 aromatic carbocycles. The Hall–Kier alpha value is -0.290. The van der Waals surface area contributed by atoms with Gasteiger partial charge in [-0.3, -0.25) is 4.90 Å². The molecule has 1 atom stereocenters. The van der Waals surface area contributed by atoms with Crippen molar-refractivity contribution < 1.29 is 18.3 Å². The van der Waals surface area contributed by atoms with E-state index in [1.54, 1.807) is 0 Å². The van der Waals surface area contributed by atoms with Gasteiger partial charge in [0.05, 0.1) is 6.61 Å². The topological polar surface area (TPSA) is 23.5 Å². The molecule has 0 saturated carbocycles. The summed E-state index contributed by atoms with van der Waals surface area (Å²) in [6.45, 7) is 0.376. The Morgan fingerprint density at radius 1 is 1.31 bits per heavy atom. The van der Waals surface area contributed by atoms with Crippen molar-refractivity contribution >= 4 is 0 Å². The van der Waals surface area contributed by atoms with E-state index >= 15 is 0 Å². The van der Waals surface area contributed by atoms with Crippen LogP contribution in [0.15, 0.2) is 0 Å². The van der Waals surface area contributed by atoms with Crippen LogP contribution in [0.5, 0.6) is 0 Å². The zero-order valence-electron chi connectivity index (χ0n) is 7.35. The number of aliphatic hydroxyl groups excluding tert-OH is 1. The Morgan fingerprint density at radius 3 is 2.54 bits per heavy atom. The highest BCUT2D eigenvalue weighted by molar-refractivity contribution is 4.82. The predicted molar refractivity (Wildman–Crippen MR) is 42.4 cm³/mol. The van der Waals surface area contributed by atoms with E-state index < -0.39 is 12.2 Å². The molecule has 78 valence electrons. The first-order valence-corrected chi connectivity index (χ1v) is 4.47. The number of piperidine rings is 1. The minimum Gasteiger partial charge on any atom is -0.395 e. The Labute approximate surface area is 75.3 Å². The number of rotatable bonds is 2. The zero-order chi connectivity index (χ0) is 9.90. The lowest BCUT2D eigenvalue weighted by Crippen LogP contribution is -2.49. The molecule has 1 aliphatic heterocycles. The van der Waals surface area contributed by atoms with E-state index in [0.717, 1.165) is 6.42 Å². The molecule has 1 N–H and O–H groups in total. The van der Waals surface area contributed by atoms with E-state index in [1.807, 2.05) is 0 Å². The molecule has 1 rings (SSSR count). The second-order valence-corrected chi connectivity index (χ2v) is 3.31. The lowest BCUT2D eigenvalue weighted by atomic mass is 10.0. The Bertz CT molecular complexity index is 158. The summed E-state index contributed by atoms with van der Waals surface area (Å²) in [5.41, 5.74) is 0. The molecule has 1 saturated heterocycles. The lowest BCUT2D eigenvalue weighted by Gasteiger charge is -2.36. The molecule has 13 heavy (non-hydrogen) atoms. The third-order valence-electron chi connectivity index (χ3n) is 2.38. The maximum Gasteiger partial charge on any atom is 0.404 e. The van der Waals surface area contributed by atoms with E-state index in [-0.39, 0.29) is 19.6 Å². The second-order valence-electron chi connectivity index (χ2n) is 3.31. The summed E-state index contributed by atoms with van der Waals surface area (Å²) in [5.74, 6) is 0. The summed E-state index contributed by atoms with van der Waals surface area (Å²) in [6.07, 6.45) is -2.54. The van der Waals surface area contributed by atoms with Gasteiger partial charge in [0.25, 0.3) is 0 Å². The molecule has 2 nitrogen and oxygen atoms in total. The average molecular weight is 197 g/mol. The van der Waals surface area contributed by atoms with Crippen LogP contribution in [0, 0.1) is 0 Å². The number of nitrogens with zero attached hydrogens (tertiary/aromatic N) is 1. The smallest absolute Gasteiger partial charge is 0.395 e. The third kappa shape index (κ3) is 2.84. The molecule has 0 spiro atoms. The van der Waals surface area contributed by atoms with Crippen molar-refractivity contribution in [2.75, 3.05) is 19.7 Å². The first kappa shape index (κ1) is 10.8. The predicted octanol–water partition coefficient (Wildman–Crippen LogP) is 1.40. The van der Waals surface area contributed by atoms with Crippen LogP contribution < -0.4 is 0 Å². The van der Waals surface area contributed by atoms with E-state index in [4.69, 9.17) is 5.11 Å². The maximum atomic E-state index is 12.4. The van der Waals surface area contributed by atoms with Crippen molar-refractivity contribution in [3.63, 3.8) is 0 Å². The summed E-state index contributed by atoms with van der Waals surface area (Å²) >= 11 is 0. The van der Waals surface area contributed by atoms with Crippen molar-refractivity contribution in [2.45, 2.75) is 31.5 Å². The van der Waals surface area contributed by atoms with Gasteiger partial charge in [-0.05, 0) is 19.4 Å². The van der Waals surface area contributed by atoms with Gasteiger partial charge in [0, 0.05) is 6.54 Å². The average Bonchev–Trinajstić information content (AvgIpc) is 2.04. The molecule has 0 radical (unpaired) electrons. The van der Waals surface area contributed by atoms with Crippen LogP contribution in [-0.4, -0.2) is 41.9 Å². The molecule has 1 unspecified atom stereocenters. The number of likely N-dealkylation sites (tertiary alicyclic amines) is 1. The van der Waals surface area contributed by atoms with Crippen LogP contribution in [0.3, 0.4) is 0 Å². The number of hydrogen-bond donors (Lipinski definition) is 1. The van der Waals surface area contributed by atoms with Gasteiger partial charge in [-0.15, -0.1) is 0 Å². The van der Waals surface area contributed by atoms with Crippen molar-refractivity contribution in [3.8, 4) is 0 Å². The molecular weight excluding hydrogens is 183 g/mol. The molecule has 1 aliphatic rings. The first-order valence-electron chi connectivity index (χ1n) is 4.47. The first-order chi connectivity index (χ1) is 6.05. The molecule has 0 aromatic rings. The Morgan fingerprint density at radius 2 is 2.00 bits per heavy atom. The maximum absolute atomic E-state index is 12.4. The summed E-state index contributed by atoms with van der Waals surface area (Å²) in [5, 5.41) is 8.59. The zero-order valence-corrected chi connectivity index (χ0v) is 7.35. The van der Waals surface area contributed by atoms with Crippen molar-refractivity contribution in [1.82, 2.24) is 4.90 Å². The van der Waals surface area contributed by atoms with Crippen molar-refractivity contribution in [1.29, 1.82) is 0 Å². The monoisotopic (exact) mass is 197 g/mol. The van der Waals surface area contributed by atoms with Gasteiger partial charge in [0.1, 0.15) is 6.04 Å². The van der Waals surface area contributed by atoms with Crippen LogP contribution in [0.4, 0.5) is 13.2 Å². The SMILES string of the molecule is OCCN1CCCCC1C(F)(F)F. The number of halogens is 3. The summed E-state index contributed by atoms with van der Waals surface area (Å²) in [4.78, 5) is 1.32. The summed E-state index contributed by atoms with van der Waals surface area (Å²) in [7, 11) is 0. The standard InChI is InChI=1S/C8H14F3NO/c9-8(10,11)7-3-1-2-4-12(7)5-6-13/h7,13H,1-6H2. The van der Waals surface area contributed by atoms with Crippen LogP contribution in [-0.2, 0) is 0 Å². The van der Waals surface area contributed by atoms with Crippen LogP contribution >= 0.6 is 0 Å². The molecule has 1 heterocycles. The van der Waals surface area contributed by atoms with E-state index in [1.165, 1.54) is 4.90 Å². The highest BCUT2D eigenvalue weighted by atomic mass is 19.4. The van der Waals surface area contributed by atoms with Gasteiger partial charge in [0.15, 0.2) is 0 Å². The Kier molecular flexibility index (Phi) is 3.55. The number of β-amino-alcohol motifs (C(OH)–C–C–N with tert-alkyl or cyclic N) is 1. The van der Waals surface area contributed by atoms with Gasteiger partial charge in [-0.2, -0.15) is 13.2 Å². The fraction of sp³-hybridized carbons (Fsp3) is 1.00. The third-order valence-corrected chi connectivity index (χ3v) is 2.38. The van der Waals surface area contributed by atoms with Gasteiger partial charge in [0.2, 0.25) is 0 Å². The normalized spacial score (nSPS) is 26.3. The van der Waals surface area contributed by atoms with E-state index in [0.29, 0.717) is 13.0 Å². The summed E-state index contributed by atoms with van der Waals surface area (Å²) < 4.78 is 37.2. The largest absolute Gasteiger partial charge is 0.404 e. The molecule has 0 aliphatic carbocycles. The quantitative estimate of drug-likeness (QED) is 0.723. The van der Waals surface area contributed by atoms with Crippen LogP contribution in [0.25, 0.3) is 0 Å². The van der Waals surface area contributed by atoms with E-state index in [9.17, 15) is 13.2 Å². The van der Waals surface area contributed by atoms with E-state index in [2.05, 4.69) is 0 Å². The number of alkyl halides is 3.